The number of benzene rings is 2. The first-order chi connectivity index (χ1) is 8.97. The van der Waals surface area contributed by atoms with Gasteiger partial charge in [0.25, 0.3) is 0 Å². The van der Waals surface area contributed by atoms with E-state index in [0.29, 0.717) is 21.2 Å². The Morgan fingerprint density at radius 1 is 1.16 bits per heavy atom. The molecule has 1 atom stereocenters. The Balaban J connectivity index is 2.25. The van der Waals surface area contributed by atoms with Crippen molar-refractivity contribution >= 4 is 39.7 Å². The number of hydrogen-bond acceptors (Lipinski definition) is 2. The van der Waals surface area contributed by atoms with Gasteiger partial charge in [-0.25, -0.2) is 4.39 Å². The minimum Gasteiger partial charge on any atom is -0.398 e. The zero-order chi connectivity index (χ0) is 14.0. The van der Waals surface area contributed by atoms with Crippen LogP contribution in [0.2, 0.25) is 10.0 Å². The molecule has 0 bridgehead atoms. The van der Waals surface area contributed by atoms with Crippen molar-refractivity contribution < 1.29 is 8.60 Å². The highest BCUT2D eigenvalue weighted by Gasteiger charge is 2.12. The van der Waals surface area contributed by atoms with E-state index in [1.54, 1.807) is 18.2 Å². The minimum absolute atomic E-state index is 0.172. The van der Waals surface area contributed by atoms with Crippen LogP contribution in [0.15, 0.2) is 41.3 Å². The summed E-state index contributed by atoms with van der Waals surface area (Å²) in [7, 11) is -1.36. The topological polar surface area (TPSA) is 43.1 Å². The van der Waals surface area contributed by atoms with Gasteiger partial charge in [0.1, 0.15) is 5.82 Å². The molecule has 0 spiro atoms. The van der Waals surface area contributed by atoms with E-state index in [0.717, 1.165) is 0 Å². The van der Waals surface area contributed by atoms with Gasteiger partial charge in [0, 0.05) is 15.7 Å². The van der Waals surface area contributed by atoms with Gasteiger partial charge in [-0.15, -0.1) is 0 Å². The van der Waals surface area contributed by atoms with E-state index < -0.39 is 16.6 Å². The van der Waals surface area contributed by atoms with Gasteiger partial charge in [0.15, 0.2) is 0 Å². The quantitative estimate of drug-likeness (QED) is 0.869. The summed E-state index contributed by atoms with van der Waals surface area (Å²) in [5.41, 5.74) is 6.74. The van der Waals surface area contributed by atoms with Gasteiger partial charge >= 0.3 is 0 Å². The van der Waals surface area contributed by atoms with Gasteiger partial charge in [-0.3, -0.25) is 4.21 Å². The van der Waals surface area contributed by atoms with E-state index >= 15 is 0 Å². The van der Waals surface area contributed by atoms with Gasteiger partial charge in [-0.2, -0.15) is 0 Å². The summed E-state index contributed by atoms with van der Waals surface area (Å²) in [6.07, 6.45) is 0. The fourth-order valence-electron chi connectivity index (χ4n) is 1.58. The van der Waals surface area contributed by atoms with Crippen LogP contribution in [0, 0.1) is 5.82 Å². The first-order valence-electron chi connectivity index (χ1n) is 5.34. The molecule has 0 saturated carbocycles. The number of hydrogen-bond donors (Lipinski definition) is 1. The summed E-state index contributed by atoms with van der Waals surface area (Å²) >= 11 is 11.7. The molecule has 0 fully saturated rings. The van der Waals surface area contributed by atoms with Crippen LogP contribution in [-0.4, -0.2) is 4.21 Å². The molecule has 2 N–H and O–H groups in total. The molecule has 0 saturated heterocycles. The molecule has 2 aromatic rings. The fourth-order valence-corrected chi connectivity index (χ4v) is 3.31. The van der Waals surface area contributed by atoms with Crippen molar-refractivity contribution in [2.24, 2.45) is 0 Å². The smallest absolute Gasteiger partial charge is 0.124 e. The van der Waals surface area contributed by atoms with Gasteiger partial charge in [-0.1, -0.05) is 29.3 Å². The Labute approximate surface area is 122 Å². The lowest BCUT2D eigenvalue weighted by atomic mass is 10.2. The Kier molecular flexibility index (Phi) is 4.45. The van der Waals surface area contributed by atoms with Crippen LogP contribution in [0.3, 0.4) is 0 Å². The lowest BCUT2D eigenvalue weighted by molar-refractivity contribution is 0.627. The molecule has 2 rings (SSSR count). The molecule has 0 amide bonds. The molecule has 2 aromatic carbocycles. The van der Waals surface area contributed by atoms with Crippen molar-refractivity contribution in [2.45, 2.75) is 10.6 Å². The van der Waals surface area contributed by atoms with E-state index in [-0.39, 0.29) is 10.8 Å². The Bertz CT molecular complexity index is 649. The molecule has 0 radical (unpaired) electrons. The fraction of sp³-hybridized carbons (Fsp3) is 0.0769. The second-order valence-corrected chi connectivity index (χ2v) is 6.17. The Morgan fingerprint density at radius 3 is 2.53 bits per heavy atom. The zero-order valence-electron chi connectivity index (χ0n) is 9.70. The minimum atomic E-state index is -1.36. The summed E-state index contributed by atoms with van der Waals surface area (Å²) in [5, 5.41) is 0.735. The molecule has 0 aromatic heterocycles. The van der Waals surface area contributed by atoms with Crippen LogP contribution >= 0.6 is 23.2 Å². The third kappa shape index (κ3) is 3.47. The molecule has 19 heavy (non-hydrogen) atoms. The monoisotopic (exact) mass is 317 g/mol. The molecular formula is C13H10Cl2FNOS. The number of rotatable bonds is 3. The highest BCUT2D eigenvalue weighted by molar-refractivity contribution is 7.84. The zero-order valence-corrected chi connectivity index (χ0v) is 12.0. The highest BCUT2D eigenvalue weighted by Crippen LogP contribution is 2.25. The largest absolute Gasteiger partial charge is 0.398 e. The van der Waals surface area contributed by atoms with Crippen LogP contribution in [-0.2, 0) is 16.6 Å². The van der Waals surface area contributed by atoms with Crippen LogP contribution in [0.4, 0.5) is 10.1 Å². The van der Waals surface area contributed by atoms with E-state index in [4.69, 9.17) is 28.9 Å². The molecule has 2 nitrogen and oxygen atoms in total. The maximum absolute atomic E-state index is 12.9. The van der Waals surface area contributed by atoms with Crippen molar-refractivity contribution in [3.63, 3.8) is 0 Å². The van der Waals surface area contributed by atoms with E-state index in [1.807, 2.05) is 0 Å². The lowest BCUT2D eigenvalue weighted by Crippen LogP contribution is -2.01. The molecular weight excluding hydrogens is 308 g/mol. The molecule has 100 valence electrons. The second-order valence-electron chi connectivity index (χ2n) is 3.91. The first kappa shape index (κ1) is 14.3. The summed E-state index contributed by atoms with van der Waals surface area (Å²) in [6.45, 7) is 0. The van der Waals surface area contributed by atoms with Gasteiger partial charge < -0.3 is 5.73 Å². The number of nitrogen functional groups attached to an aromatic ring is 1. The predicted molar refractivity (Wildman–Crippen MR) is 77.4 cm³/mol. The highest BCUT2D eigenvalue weighted by atomic mass is 35.5. The predicted octanol–water partition coefficient (Wildman–Crippen LogP) is 4.02. The lowest BCUT2D eigenvalue weighted by Gasteiger charge is -2.07. The molecule has 0 aliphatic carbocycles. The second kappa shape index (κ2) is 5.90. The molecule has 0 heterocycles. The Morgan fingerprint density at radius 2 is 1.89 bits per heavy atom. The third-order valence-electron chi connectivity index (χ3n) is 2.52. The Hall–Kier alpha value is -1.10. The van der Waals surface area contributed by atoms with Crippen molar-refractivity contribution in [3.8, 4) is 0 Å². The van der Waals surface area contributed by atoms with Gasteiger partial charge in [-0.05, 0) is 35.9 Å². The normalized spacial score (nSPS) is 12.4. The number of anilines is 1. The number of nitrogens with two attached hydrogens (primary N) is 1. The average Bonchev–Trinajstić information content (AvgIpc) is 2.32. The maximum Gasteiger partial charge on any atom is 0.124 e. The van der Waals surface area contributed by atoms with Crippen LogP contribution in [0.25, 0.3) is 0 Å². The van der Waals surface area contributed by atoms with Crippen molar-refractivity contribution in [1.82, 2.24) is 0 Å². The number of halogens is 3. The van der Waals surface area contributed by atoms with E-state index in [2.05, 4.69) is 0 Å². The van der Waals surface area contributed by atoms with Crippen molar-refractivity contribution in [2.75, 3.05) is 5.73 Å². The standard InChI is InChI=1S/C13H10Cl2FNOS/c14-9-2-4-13(12(17)5-9)19(18)7-8-1-3-10(16)6-11(8)15/h1-6H,7,17H2. The summed E-state index contributed by atoms with van der Waals surface area (Å²) in [5.74, 6) is -0.254. The SMILES string of the molecule is Nc1cc(Cl)ccc1S(=O)Cc1ccc(F)cc1Cl. The molecule has 0 aliphatic rings. The summed E-state index contributed by atoms with van der Waals surface area (Å²) < 4.78 is 25.1. The maximum atomic E-state index is 12.9. The summed E-state index contributed by atoms with van der Waals surface area (Å²) in [6, 6.07) is 8.77. The van der Waals surface area contributed by atoms with Crippen LogP contribution in [0.1, 0.15) is 5.56 Å². The van der Waals surface area contributed by atoms with E-state index in [9.17, 15) is 8.60 Å². The van der Waals surface area contributed by atoms with Gasteiger partial charge in [0.2, 0.25) is 0 Å². The van der Waals surface area contributed by atoms with Crippen molar-refractivity contribution in [3.05, 3.63) is 57.8 Å². The molecule has 1 unspecified atom stereocenters. The molecule has 6 heteroatoms. The average molecular weight is 318 g/mol. The molecule has 0 aliphatic heterocycles. The van der Waals surface area contributed by atoms with Crippen LogP contribution in [0.5, 0.6) is 0 Å². The van der Waals surface area contributed by atoms with Crippen LogP contribution < -0.4 is 5.73 Å². The van der Waals surface area contributed by atoms with Crippen molar-refractivity contribution in [1.29, 1.82) is 0 Å². The van der Waals surface area contributed by atoms with Gasteiger partial charge in [0.05, 0.1) is 21.4 Å². The summed E-state index contributed by atoms with van der Waals surface area (Å²) in [4.78, 5) is 0.491. The third-order valence-corrected chi connectivity index (χ3v) is 4.54. The van der Waals surface area contributed by atoms with E-state index in [1.165, 1.54) is 18.2 Å². The first-order valence-corrected chi connectivity index (χ1v) is 7.42.